The lowest BCUT2D eigenvalue weighted by molar-refractivity contribution is 0.185. The number of rotatable bonds is 4. The molecule has 3 heteroatoms. The molecule has 0 aliphatic carbocycles. The van der Waals surface area contributed by atoms with Crippen molar-refractivity contribution in [3.8, 4) is 0 Å². The molecule has 1 fully saturated rings. The number of anilines is 1. The van der Waals surface area contributed by atoms with Crippen molar-refractivity contribution in [1.29, 1.82) is 0 Å². The molecule has 1 unspecified atom stereocenters. The van der Waals surface area contributed by atoms with Crippen molar-refractivity contribution in [2.75, 3.05) is 32.1 Å². The standard InChI is InChI=1S/C14H22N2O/c1-15-13-6-4-8-16(10-13)14-7-3-5-12(9-14)11-17-2/h3,5,7,9,13,15H,4,6,8,10-11H2,1-2H3. The van der Waals surface area contributed by atoms with Crippen LogP contribution in [-0.4, -0.2) is 33.3 Å². The number of benzene rings is 1. The van der Waals surface area contributed by atoms with E-state index in [1.54, 1.807) is 7.11 Å². The maximum Gasteiger partial charge on any atom is 0.0713 e. The highest BCUT2D eigenvalue weighted by Crippen LogP contribution is 2.21. The number of hydrogen-bond donors (Lipinski definition) is 1. The summed E-state index contributed by atoms with van der Waals surface area (Å²) in [6.07, 6.45) is 2.55. The number of methoxy groups -OCH3 is 1. The van der Waals surface area contributed by atoms with Gasteiger partial charge in [0.25, 0.3) is 0 Å². The zero-order valence-corrected chi connectivity index (χ0v) is 10.8. The van der Waals surface area contributed by atoms with Gasteiger partial charge in [0, 0.05) is 31.9 Å². The predicted molar refractivity (Wildman–Crippen MR) is 71.4 cm³/mol. The van der Waals surface area contributed by atoms with E-state index in [1.165, 1.54) is 24.1 Å². The van der Waals surface area contributed by atoms with E-state index in [9.17, 15) is 0 Å². The molecular formula is C14H22N2O. The Morgan fingerprint density at radius 3 is 3.12 bits per heavy atom. The Hall–Kier alpha value is -1.06. The topological polar surface area (TPSA) is 24.5 Å². The highest BCUT2D eigenvalue weighted by molar-refractivity contribution is 5.49. The van der Waals surface area contributed by atoms with E-state index < -0.39 is 0 Å². The third kappa shape index (κ3) is 3.20. The number of nitrogens with one attached hydrogen (secondary N) is 1. The third-order valence-electron chi connectivity index (χ3n) is 3.42. The Morgan fingerprint density at radius 2 is 2.35 bits per heavy atom. The summed E-state index contributed by atoms with van der Waals surface area (Å²) in [4.78, 5) is 2.46. The van der Waals surface area contributed by atoms with Gasteiger partial charge in [-0.1, -0.05) is 12.1 Å². The SMILES string of the molecule is CNC1CCCN(c2cccc(COC)c2)C1. The molecule has 0 spiro atoms. The maximum atomic E-state index is 5.18. The van der Waals surface area contributed by atoms with E-state index in [2.05, 4.69) is 41.5 Å². The molecule has 1 atom stereocenters. The highest BCUT2D eigenvalue weighted by atomic mass is 16.5. The summed E-state index contributed by atoms with van der Waals surface area (Å²) in [6, 6.07) is 9.28. The minimum Gasteiger partial charge on any atom is -0.380 e. The first-order chi connectivity index (χ1) is 8.33. The third-order valence-corrected chi connectivity index (χ3v) is 3.42. The van der Waals surface area contributed by atoms with Crippen LogP contribution in [0.3, 0.4) is 0 Å². The number of hydrogen-bond acceptors (Lipinski definition) is 3. The first kappa shape index (κ1) is 12.4. The Balaban J connectivity index is 2.07. The summed E-state index contributed by atoms with van der Waals surface area (Å²) in [7, 11) is 3.79. The first-order valence-electron chi connectivity index (χ1n) is 6.33. The van der Waals surface area contributed by atoms with Crippen molar-refractivity contribution in [2.45, 2.75) is 25.5 Å². The molecule has 1 heterocycles. The molecule has 0 aromatic heterocycles. The molecule has 94 valence electrons. The lowest BCUT2D eigenvalue weighted by atomic mass is 10.0. The van der Waals surface area contributed by atoms with Crippen LogP contribution in [0.25, 0.3) is 0 Å². The van der Waals surface area contributed by atoms with Crippen LogP contribution in [0.1, 0.15) is 18.4 Å². The van der Waals surface area contributed by atoms with Crippen LogP contribution in [0, 0.1) is 0 Å². The fraction of sp³-hybridized carbons (Fsp3) is 0.571. The molecule has 1 aromatic carbocycles. The van der Waals surface area contributed by atoms with Gasteiger partial charge in [-0.15, -0.1) is 0 Å². The molecule has 0 amide bonds. The van der Waals surface area contributed by atoms with Crippen LogP contribution in [0.5, 0.6) is 0 Å². The summed E-state index contributed by atoms with van der Waals surface area (Å²) in [6.45, 7) is 2.96. The molecule has 3 nitrogen and oxygen atoms in total. The van der Waals surface area contributed by atoms with E-state index >= 15 is 0 Å². The molecular weight excluding hydrogens is 212 g/mol. The summed E-state index contributed by atoms with van der Waals surface area (Å²) in [5.41, 5.74) is 2.57. The van der Waals surface area contributed by atoms with Crippen molar-refractivity contribution in [2.24, 2.45) is 0 Å². The van der Waals surface area contributed by atoms with Gasteiger partial charge in [-0.2, -0.15) is 0 Å². The summed E-state index contributed by atoms with van der Waals surface area (Å²) in [5.74, 6) is 0. The predicted octanol–water partition coefficient (Wildman–Crippen LogP) is 2.02. The Morgan fingerprint density at radius 1 is 1.47 bits per heavy atom. The van der Waals surface area contributed by atoms with Crippen molar-refractivity contribution in [1.82, 2.24) is 5.32 Å². The second-order valence-electron chi connectivity index (χ2n) is 4.68. The number of likely N-dealkylation sites (N-methyl/N-ethyl adjacent to an activating group) is 1. The van der Waals surface area contributed by atoms with Crippen LogP contribution in [0.4, 0.5) is 5.69 Å². The minimum absolute atomic E-state index is 0.620. The molecule has 1 aliphatic rings. The van der Waals surface area contributed by atoms with Crippen LogP contribution in [0.15, 0.2) is 24.3 Å². The molecule has 1 aliphatic heterocycles. The van der Waals surface area contributed by atoms with Crippen LogP contribution >= 0.6 is 0 Å². The van der Waals surface area contributed by atoms with Gasteiger partial charge < -0.3 is 15.0 Å². The zero-order chi connectivity index (χ0) is 12.1. The summed E-state index contributed by atoms with van der Waals surface area (Å²) >= 11 is 0. The number of ether oxygens (including phenoxy) is 1. The molecule has 1 aromatic rings. The number of piperidine rings is 1. The van der Waals surface area contributed by atoms with Gasteiger partial charge in [0.1, 0.15) is 0 Å². The Bertz CT molecular complexity index is 354. The van der Waals surface area contributed by atoms with Gasteiger partial charge in [-0.25, -0.2) is 0 Å². The number of nitrogens with zero attached hydrogens (tertiary/aromatic N) is 1. The van der Waals surface area contributed by atoms with Gasteiger partial charge in [-0.05, 0) is 37.6 Å². The second-order valence-corrected chi connectivity index (χ2v) is 4.68. The monoisotopic (exact) mass is 234 g/mol. The van der Waals surface area contributed by atoms with Crippen molar-refractivity contribution < 1.29 is 4.74 Å². The summed E-state index contributed by atoms with van der Waals surface area (Å²) in [5, 5.41) is 3.38. The summed E-state index contributed by atoms with van der Waals surface area (Å²) < 4.78 is 5.18. The van der Waals surface area contributed by atoms with E-state index in [0.29, 0.717) is 12.6 Å². The van der Waals surface area contributed by atoms with Crippen LogP contribution in [0.2, 0.25) is 0 Å². The quantitative estimate of drug-likeness (QED) is 0.862. The van der Waals surface area contributed by atoms with Crippen molar-refractivity contribution in [3.63, 3.8) is 0 Å². The molecule has 17 heavy (non-hydrogen) atoms. The molecule has 1 N–H and O–H groups in total. The molecule has 2 rings (SSSR count). The Labute approximate surface area is 104 Å². The fourth-order valence-corrected chi connectivity index (χ4v) is 2.46. The minimum atomic E-state index is 0.620. The van der Waals surface area contributed by atoms with Gasteiger partial charge in [0.2, 0.25) is 0 Å². The smallest absolute Gasteiger partial charge is 0.0713 e. The van der Waals surface area contributed by atoms with Crippen LogP contribution in [-0.2, 0) is 11.3 Å². The lowest BCUT2D eigenvalue weighted by Crippen LogP contribution is -2.44. The van der Waals surface area contributed by atoms with Crippen LogP contribution < -0.4 is 10.2 Å². The van der Waals surface area contributed by atoms with Gasteiger partial charge in [-0.3, -0.25) is 0 Å². The largest absolute Gasteiger partial charge is 0.380 e. The highest BCUT2D eigenvalue weighted by Gasteiger charge is 2.18. The normalized spacial score (nSPS) is 20.6. The van der Waals surface area contributed by atoms with Crippen molar-refractivity contribution in [3.05, 3.63) is 29.8 Å². The molecule has 0 saturated carbocycles. The average molecular weight is 234 g/mol. The van der Waals surface area contributed by atoms with Gasteiger partial charge in [0.15, 0.2) is 0 Å². The lowest BCUT2D eigenvalue weighted by Gasteiger charge is -2.34. The van der Waals surface area contributed by atoms with E-state index in [1.807, 2.05) is 0 Å². The fourth-order valence-electron chi connectivity index (χ4n) is 2.46. The second kappa shape index (κ2) is 6.03. The first-order valence-corrected chi connectivity index (χ1v) is 6.33. The van der Waals surface area contributed by atoms with Gasteiger partial charge in [0.05, 0.1) is 6.61 Å². The van der Waals surface area contributed by atoms with E-state index in [4.69, 9.17) is 4.74 Å². The maximum absolute atomic E-state index is 5.18. The van der Waals surface area contributed by atoms with Crippen molar-refractivity contribution >= 4 is 5.69 Å². The Kier molecular flexibility index (Phi) is 4.40. The zero-order valence-electron chi connectivity index (χ0n) is 10.8. The molecule has 0 bridgehead atoms. The molecule has 1 saturated heterocycles. The average Bonchev–Trinajstić information content (AvgIpc) is 2.40. The van der Waals surface area contributed by atoms with E-state index in [-0.39, 0.29) is 0 Å². The van der Waals surface area contributed by atoms with E-state index in [0.717, 1.165) is 13.1 Å². The van der Waals surface area contributed by atoms with Gasteiger partial charge >= 0.3 is 0 Å². The molecule has 0 radical (unpaired) electrons.